The lowest BCUT2D eigenvalue weighted by Crippen LogP contribution is -2.16. The number of rotatable bonds is 5. The summed E-state index contributed by atoms with van der Waals surface area (Å²) in [4.78, 5) is 0. The summed E-state index contributed by atoms with van der Waals surface area (Å²) < 4.78 is 19.2. The van der Waals surface area contributed by atoms with Gasteiger partial charge in [0.15, 0.2) is 17.4 Å². The number of oxime groups is 1. The van der Waals surface area contributed by atoms with E-state index in [1.54, 1.807) is 6.07 Å². The van der Waals surface area contributed by atoms with Gasteiger partial charge in [-0.05, 0) is 37.5 Å². The highest BCUT2D eigenvalue weighted by molar-refractivity contribution is 5.97. The normalized spacial score (nSPS) is 13.7. The first-order valence-electron chi connectivity index (χ1n) is 5.88. The van der Waals surface area contributed by atoms with Crippen LogP contribution in [0.15, 0.2) is 23.4 Å². The van der Waals surface area contributed by atoms with Crippen LogP contribution < -0.4 is 10.5 Å². The van der Waals surface area contributed by atoms with Crippen LogP contribution in [-0.4, -0.2) is 17.1 Å². The van der Waals surface area contributed by atoms with Gasteiger partial charge in [-0.3, -0.25) is 0 Å². The molecule has 18 heavy (non-hydrogen) atoms. The minimum absolute atomic E-state index is 0.0609. The Kier molecular flexibility index (Phi) is 4.95. The molecule has 0 bridgehead atoms. The maximum absolute atomic E-state index is 13.7. The summed E-state index contributed by atoms with van der Waals surface area (Å²) >= 11 is 0. The summed E-state index contributed by atoms with van der Waals surface area (Å²) in [6.07, 6.45) is 0.788. The maximum Gasteiger partial charge on any atom is 0.170 e. The van der Waals surface area contributed by atoms with Crippen LogP contribution in [0.5, 0.6) is 5.75 Å². The first-order valence-corrected chi connectivity index (χ1v) is 5.88. The smallest absolute Gasteiger partial charge is 0.170 e. The second-order valence-electron chi connectivity index (χ2n) is 4.69. The van der Waals surface area contributed by atoms with E-state index in [0.717, 1.165) is 6.42 Å². The predicted octanol–water partition coefficient (Wildman–Crippen LogP) is 2.73. The van der Waals surface area contributed by atoms with Crippen LogP contribution in [0.4, 0.5) is 4.39 Å². The molecule has 4 nitrogen and oxygen atoms in total. The van der Waals surface area contributed by atoms with Gasteiger partial charge in [0.25, 0.3) is 0 Å². The van der Waals surface area contributed by atoms with E-state index in [2.05, 4.69) is 19.0 Å². The molecule has 1 aromatic rings. The van der Waals surface area contributed by atoms with Crippen LogP contribution in [0.2, 0.25) is 0 Å². The fraction of sp³-hybridized carbons (Fsp3) is 0.462. The third-order valence-electron chi connectivity index (χ3n) is 2.47. The molecule has 0 aliphatic heterocycles. The van der Waals surface area contributed by atoms with Crippen molar-refractivity contribution >= 4 is 5.84 Å². The Morgan fingerprint density at radius 3 is 2.61 bits per heavy atom. The van der Waals surface area contributed by atoms with Crippen LogP contribution >= 0.6 is 0 Å². The molecule has 0 radical (unpaired) electrons. The first-order chi connectivity index (χ1) is 8.43. The highest BCUT2D eigenvalue weighted by Gasteiger charge is 2.11. The van der Waals surface area contributed by atoms with Crippen molar-refractivity contribution in [2.24, 2.45) is 16.8 Å². The van der Waals surface area contributed by atoms with Gasteiger partial charge in [-0.1, -0.05) is 19.0 Å². The summed E-state index contributed by atoms with van der Waals surface area (Å²) in [7, 11) is 0. The van der Waals surface area contributed by atoms with E-state index in [1.807, 2.05) is 6.92 Å². The molecule has 3 N–H and O–H groups in total. The molecule has 0 spiro atoms. The van der Waals surface area contributed by atoms with E-state index in [4.69, 9.17) is 15.7 Å². The quantitative estimate of drug-likeness (QED) is 0.367. The fourth-order valence-electron chi connectivity index (χ4n) is 1.74. The molecule has 100 valence electrons. The Morgan fingerprint density at radius 2 is 2.11 bits per heavy atom. The Balaban J connectivity index is 2.80. The Hall–Kier alpha value is -1.78. The van der Waals surface area contributed by atoms with Gasteiger partial charge in [-0.25, -0.2) is 4.39 Å². The zero-order valence-electron chi connectivity index (χ0n) is 10.9. The van der Waals surface area contributed by atoms with E-state index in [1.165, 1.54) is 12.1 Å². The average molecular weight is 254 g/mol. The molecular weight excluding hydrogens is 235 g/mol. The van der Waals surface area contributed by atoms with Crippen molar-refractivity contribution in [1.29, 1.82) is 0 Å². The van der Waals surface area contributed by atoms with E-state index >= 15 is 0 Å². The van der Waals surface area contributed by atoms with Crippen molar-refractivity contribution in [2.75, 3.05) is 0 Å². The highest BCUT2D eigenvalue weighted by atomic mass is 19.1. The Morgan fingerprint density at radius 1 is 1.44 bits per heavy atom. The third kappa shape index (κ3) is 3.91. The van der Waals surface area contributed by atoms with Crippen molar-refractivity contribution in [3.8, 4) is 5.75 Å². The van der Waals surface area contributed by atoms with Crippen molar-refractivity contribution in [2.45, 2.75) is 33.3 Å². The van der Waals surface area contributed by atoms with Crippen molar-refractivity contribution in [1.82, 2.24) is 0 Å². The summed E-state index contributed by atoms with van der Waals surface area (Å²) in [6.45, 7) is 6.06. The minimum Gasteiger partial charge on any atom is -0.488 e. The maximum atomic E-state index is 13.7. The number of nitrogens with two attached hydrogens (primary N) is 1. The fourth-order valence-corrected chi connectivity index (χ4v) is 1.74. The number of hydrogen-bond acceptors (Lipinski definition) is 3. The number of amidine groups is 1. The topological polar surface area (TPSA) is 67.8 Å². The van der Waals surface area contributed by atoms with Crippen molar-refractivity contribution in [3.63, 3.8) is 0 Å². The van der Waals surface area contributed by atoms with Gasteiger partial charge >= 0.3 is 0 Å². The lowest BCUT2D eigenvalue weighted by Gasteiger charge is -2.17. The molecule has 0 heterocycles. The molecule has 0 aliphatic carbocycles. The average Bonchev–Trinajstić information content (AvgIpc) is 2.29. The highest BCUT2D eigenvalue weighted by Crippen LogP contribution is 2.21. The second-order valence-corrected chi connectivity index (χ2v) is 4.69. The summed E-state index contributed by atoms with van der Waals surface area (Å²) in [5.41, 5.74) is 5.69. The van der Waals surface area contributed by atoms with Gasteiger partial charge in [0.1, 0.15) is 0 Å². The Bertz CT molecular complexity index is 433. The molecule has 1 atom stereocenters. The monoisotopic (exact) mass is 254 g/mol. The van der Waals surface area contributed by atoms with Crippen LogP contribution in [0, 0.1) is 11.7 Å². The molecule has 1 rings (SSSR count). The zero-order valence-corrected chi connectivity index (χ0v) is 10.9. The minimum atomic E-state index is -0.519. The van der Waals surface area contributed by atoms with E-state index in [9.17, 15) is 4.39 Å². The number of benzene rings is 1. The molecule has 1 aromatic carbocycles. The molecule has 0 amide bonds. The van der Waals surface area contributed by atoms with Gasteiger partial charge in [-0.15, -0.1) is 0 Å². The van der Waals surface area contributed by atoms with Crippen LogP contribution in [0.1, 0.15) is 32.8 Å². The summed E-state index contributed by atoms with van der Waals surface area (Å²) in [5, 5.41) is 11.3. The van der Waals surface area contributed by atoms with Crippen LogP contribution in [0.25, 0.3) is 0 Å². The van der Waals surface area contributed by atoms with Crippen LogP contribution in [0.3, 0.4) is 0 Å². The first kappa shape index (κ1) is 14.3. The molecule has 0 saturated carbocycles. The largest absolute Gasteiger partial charge is 0.488 e. The van der Waals surface area contributed by atoms with Crippen molar-refractivity contribution < 1.29 is 14.3 Å². The third-order valence-corrected chi connectivity index (χ3v) is 2.47. The lowest BCUT2D eigenvalue weighted by atomic mass is 10.1. The number of ether oxygens (including phenoxy) is 1. The molecule has 0 aromatic heterocycles. The number of hydrogen-bond donors (Lipinski definition) is 2. The lowest BCUT2D eigenvalue weighted by molar-refractivity contribution is 0.185. The summed E-state index contributed by atoms with van der Waals surface area (Å²) in [6, 6.07) is 4.22. The number of nitrogens with zero attached hydrogens (tertiary/aromatic N) is 1. The van der Waals surface area contributed by atoms with E-state index < -0.39 is 5.82 Å². The molecule has 0 saturated heterocycles. The van der Waals surface area contributed by atoms with Gasteiger partial charge in [0.05, 0.1) is 6.10 Å². The molecular formula is C13H19FN2O2. The standard InChI is InChI=1S/C13H19FN2O2/c1-8(2)6-9(3)18-12-5-4-10(7-11(12)14)13(15)16-17/h4-5,7-9,17H,6H2,1-3H3,(H2,15,16). The van der Waals surface area contributed by atoms with E-state index in [-0.39, 0.29) is 17.7 Å². The van der Waals surface area contributed by atoms with Crippen LogP contribution in [-0.2, 0) is 0 Å². The second kappa shape index (κ2) is 6.23. The SMILES string of the molecule is CC(C)CC(C)Oc1ccc(/C(N)=N/O)cc1F. The molecule has 0 fully saturated rings. The van der Waals surface area contributed by atoms with E-state index in [0.29, 0.717) is 11.5 Å². The van der Waals surface area contributed by atoms with Gasteiger partial charge in [-0.2, -0.15) is 0 Å². The van der Waals surface area contributed by atoms with Gasteiger partial charge in [0.2, 0.25) is 0 Å². The molecule has 0 aliphatic rings. The molecule has 1 unspecified atom stereocenters. The Labute approximate surface area is 106 Å². The summed E-state index contributed by atoms with van der Waals surface area (Å²) in [5.74, 6) is 0.0162. The molecule has 5 heteroatoms. The van der Waals surface area contributed by atoms with Gasteiger partial charge in [0, 0.05) is 5.56 Å². The van der Waals surface area contributed by atoms with Crippen molar-refractivity contribution in [3.05, 3.63) is 29.6 Å². The predicted molar refractivity (Wildman–Crippen MR) is 68.5 cm³/mol. The number of halogens is 1. The van der Waals surface area contributed by atoms with Gasteiger partial charge < -0.3 is 15.7 Å². The zero-order chi connectivity index (χ0) is 13.7.